The molecular weight excluding hydrogens is 324 g/mol. The normalized spacial score (nSPS) is 21.3. The fourth-order valence-electron chi connectivity index (χ4n) is 2.92. The van der Waals surface area contributed by atoms with Crippen LogP contribution in [0.3, 0.4) is 0 Å². The summed E-state index contributed by atoms with van der Waals surface area (Å²) >= 11 is 5.88. The lowest BCUT2D eigenvalue weighted by Crippen LogP contribution is -2.38. The Hall–Kier alpha value is -1.43. The Bertz CT molecular complexity index is 673. The number of hydrogen-bond donors (Lipinski definition) is 0. The highest BCUT2D eigenvalue weighted by Gasteiger charge is 2.55. The smallest absolute Gasteiger partial charge is 0.523 e. The molecule has 0 N–H and O–H groups in total. The second-order valence-corrected chi connectivity index (χ2v) is 7.48. The van der Waals surface area contributed by atoms with E-state index >= 15 is 0 Å². The lowest BCUT2D eigenvalue weighted by Gasteiger charge is -2.37. The van der Waals surface area contributed by atoms with Crippen molar-refractivity contribution in [2.75, 3.05) is 0 Å². The first-order valence-corrected chi connectivity index (χ1v) is 7.81. The Morgan fingerprint density at radius 3 is 2.52 bits per heavy atom. The van der Waals surface area contributed by atoms with E-state index in [0.29, 0.717) is 5.46 Å². The summed E-state index contributed by atoms with van der Waals surface area (Å²) < 4.78 is 41.2. The zero-order valence-corrected chi connectivity index (χ0v) is 14.2. The quantitative estimate of drug-likeness (QED) is 0.764. The summed E-state index contributed by atoms with van der Waals surface area (Å²) in [5, 5.41) is 0.119. The van der Waals surface area contributed by atoms with Crippen molar-refractivity contribution in [3.05, 3.63) is 34.7 Å². The Labute approximate surface area is 139 Å². The van der Waals surface area contributed by atoms with E-state index < -0.39 is 13.7 Å². The standard InChI is InChI=1S/C16H18BClF2O3/c1-15(2)8-12-13(16(15,3)4)23-17(22-12)9-5-6-10(18)11(7-9)21-14(19)20/h5-7,14H,8H2,1-4H3. The van der Waals surface area contributed by atoms with E-state index in [2.05, 4.69) is 32.4 Å². The molecule has 0 aromatic heterocycles. The summed E-state index contributed by atoms with van der Waals surface area (Å²) in [6, 6.07) is 4.62. The second-order valence-electron chi connectivity index (χ2n) is 7.07. The van der Waals surface area contributed by atoms with Gasteiger partial charge in [0.05, 0.1) is 5.02 Å². The number of allylic oxidation sites excluding steroid dienone is 2. The number of benzene rings is 1. The van der Waals surface area contributed by atoms with Crippen molar-refractivity contribution in [1.82, 2.24) is 0 Å². The Balaban J connectivity index is 1.82. The van der Waals surface area contributed by atoms with Crippen LogP contribution in [-0.4, -0.2) is 13.7 Å². The van der Waals surface area contributed by atoms with Crippen molar-refractivity contribution in [3.8, 4) is 5.75 Å². The van der Waals surface area contributed by atoms with Gasteiger partial charge in [0.1, 0.15) is 17.3 Å². The van der Waals surface area contributed by atoms with Crippen LogP contribution in [0.5, 0.6) is 5.75 Å². The Morgan fingerprint density at radius 2 is 1.91 bits per heavy atom. The van der Waals surface area contributed by atoms with Crippen LogP contribution in [0.2, 0.25) is 5.02 Å². The summed E-state index contributed by atoms with van der Waals surface area (Å²) in [6.07, 6.45) is 0.778. The third kappa shape index (κ3) is 2.67. The highest BCUT2D eigenvalue weighted by atomic mass is 35.5. The maximum atomic E-state index is 12.4. The van der Waals surface area contributed by atoms with Gasteiger partial charge in [-0.05, 0) is 17.5 Å². The molecule has 0 atom stereocenters. The van der Waals surface area contributed by atoms with Gasteiger partial charge in [-0.25, -0.2) is 0 Å². The van der Waals surface area contributed by atoms with E-state index in [4.69, 9.17) is 20.9 Å². The molecule has 1 aromatic carbocycles. The number of ether oxygens (including phenoxy) is 1. The predicted octanol–water partition coefficient (Wildman–Crippen LogP) is 4.35. The Morgan fingerprint density at radius 1 is 1.22 bits per heavy atom. The summed E-state index contributed by atoms with van der Waals surface area (Å²) in [4.78, 5) is 0. The van der Waals surface area contributed by atoms with Crippen molar-refractivity contribution >= 4 is 24.2 Å². The van der Waals surface area contributed by atoms with Gasteiger partial charge in [0.2, 0.25) is 0 Å². The first-order chi connectivity index (χ1) is 10.6. The van der Waals surface area contributed by atoms with Crippen LogP contribution in [0.15, 0.2) is 29.7 Å². The summed E-state index contributed by atoms with van der Waals surface area (Å²) in [5.74, 6) is 1.58. The summed E-state index contributed by atoms with van der Waals surface area (Å²) in [6.45, 7) is 5.65. The van der Waals surface area contributed by atoms with Gasteiger partial charge in [-0.2, -0.15) is 8.78 Å². The van der Waals surface area contributed by atoms with Crippen LogP contribution in [-0.2, 0) is 9.31 Å². The van der Waals surface area contributed by atoms with E-state index in [1.54, 1.807) is 6.07 Å². The minimum Gasteiger partial charge on any atom is -0.523 e. The molecule has 1 heterocycles. The van der Waals surface area contributed by atoms with Crippen molar-refractivity contribution in [3.63, 3.8) is 0 Å². The molecule has 2 aliphatic rings. The molecule has 7 heteroatoms. The molecule has 0 bridgehead atoms. The zero-order valence-electron chi connectivity index (χ0n) is 13.5. The lowest BCUT2D eigenvalue weighted by atomic mass is 9.69. The molecular formula is C16H18BClF2O3. The highest BCUT2D eigenvalue weighted by molar-refractivity contribution is 6.62. The van der Waals surface area contributed by atoms with Gasteiger partial charge in [-0.15, -0.1) is 0 Å². The van der Waals surface area contributed by atoms with Crippen LogP contribution in [0.4, 0.5) is 8.78 Å². The second kappa shape index (κ2) is 5.30. The molecule has 0 amide bonds. The molecule has 124 valence electrons. The predicted molar refractivity (Wildman–Crippen MR) is 84.8 cm³/mol. The van der Waals surface area contributed by atoms with Gasteiger partial charge in [0.15, 0.2) is 0 Å². The fourth-order valence-corrected chi connectivity index (χ4v) is 3.08. The minimum absolute atomic E-state index is 0.0343. The van der Waals surface area contributed by atoms with Gasteiger partial charge in [0, 0.05) is 17.3 Å². The zero-order chi connectivity index (χ0) is 17.0. The van der Waals surface area contributed by atoms with E-state index in [-0.39, 0.29) is 21.6 Å². The summed E-state index contributed by atoms with van der Waals surface area (Å²) in [7, 11) is -0.660. The Kier molecular flexibility index (Phi) is 3.79. The van der Waals surface area contributed by atoms with Gasteiger partial charge >= 0.3 is 13.7 Å². The van der Waals surface area contributed by atoms with Crippen LogP contribution < -0.4 is 10.2 Å². The van der Waals surface area contributed by atoms with Gasteiger partial charge in [-0.1, -0.05) is 45.4 Å². The summed E-state index contributed by atoms with van der Waals surface area (Å²) in [5.41, 5.74) is 0.464. The number of hydrogen-bond acceptors (Lipinski definition) is 3. The molecule has 0 fully saturated rings. The minimum atomic E-state index is -2.93. The van der Waals surface area contributed by atoms with Crippen LogP contribution in [0.1, 0.15) is 34.1 Å². The molecule has 1 aromatic rings. The van der Waals surface area contributed by atoms with Crippen molar-refractivity contribution in [1.29, 1.82) is 0 Å². The third-order valence-electron chi connectivity index (χ3n) is 5.03. The van der Waals surface area contributed by atoms with Crippen LogP contribution >= 0.6 is 11.6 Å². The average Bonchev–Trinajstić information content (AvgIpc) is 2.90. The first kappa shape index (κ1) is 16.4. The SMILES string of the molecule is CC1(C)CC2=C(OB(c3ccc(Cl)c(OC(F)F)c3)O2)C1(C)C. The van der Waals surface area contributed by atoms with Gasteiger partial charge in [0.25, 0.3) is 0 Å². The van der Waals surface area contributed by atoms with Crippen LogP contribution in [0.25, 0.3) is 0 Å². The molecule has 1 aliphatic carbocycles. The van der Waals surface area contributed by atoms with Gasteiger partial charge < -0.3 is 14.0 Å². The fraction of sp³-hybridized carbons (Fsp3) is 0.500. The molecule has 1 aliphatic heterocycles. The average molecular weight is 343 g/mol. The maximum absolute atomic E-state index is 12.4. The monoisotopic (exact) mass is 342 g/mol. The topological polar surface area (TPSA) is 27.7 Å². The molecule has 23 heavy (non-hydrogen) atoms. The molecule has 0 radical (unpaired) electrons. The highest BCUT2D eigenvalue weighted by Crippen LogP contribution is 2.57. The van der Waals surface area contributed by atoms with Crippen molar-refractivity contribution in [2.24, 2.45) is 10.8 Å². The molecule has 0 saturated heterocycles. The van der Waals surface area contributed by atoms with E-state index in [9.17, 15) is 8.78 Å². The van der Waals surface area contributed by atoms with E-state index in [0.717, 1.165) is 17.9 Å². The number of alkyl halides is 2. The molecule has 3 rings (SSSR count). The number of halogens is 3. The van der Waals surface area contributed by atoms with E-state index in [1.165, 1.54) is 12.1 Å². The number of rotatable bonds is 3. The van der Waals surface area contributed by atoms with Crippen molar-refractivity contribution in [2.45, 2.75) is 40.7 Å². The largest absolute Gasteiger partial charge is 0.632 e. The molecule has 0 saturated carbocycles. The van der Waals surface area contributed by atoms with Gasteiger partial charge in [-0.3, -0.25) is 0 Å². The molecule has 0 unspecified atom stereocenters. The molecule has 0 spiro atoms. The van der Waals surface area contributed by atoms with E-state index in [1.807, 2.05) is 0 Å². The third-order valence-corrected chi connectivity index (χ3v) is 5.35. The first-order valence-electron chi connectivity index (χ1n) is 7.43. The molecule has 3 nitrogen and oxygen atoms in total. The maximum Gasteiger partial charge on any atom is 0.632 e. The van der Waals surface area contributed by atoms with Crippen molar-refractivity contribution < 1.29 is 22.8 Å². The lowest BCUT2D eigenvalue weighted by molar-refractivity contribution is -0.0497. The van der Waals surface area contributed by atoms with Crippen LogP contribution in [0, 0.1) is 10.8 Å².